The number of aromatic nitrogens is 3. The molecule has 1 amide bonds. The van der Waals surface area contributed by atoms with Gasteiger partial charge in [0.05, 0.1) is 22.5 Å². The molecule has 112 valence electrons. The van der Waals surface area contributed by atoms with Crippen molar-refractivity contribution in [2.75, 3.05) is 0 Å². The quantitative estimate of drug-likeness (QED) is 0.944. The standard InChI is InChI=1S/C15H19ClN4O/c1-5-11(12-7-6-9(2)8-17-12)18-15(21)14-13(16)10(3)19-20(14)4/h6-8,11H,5H2,1-4H3,(H,18,21)/t11-/m0/s1. The molecule has 2 aromatic rings. The highest BCUT2D eigenvalue weighted by Gasteiger charge is 2.22. The number of nitrogens with zero attached hydrogens (tertiary/aromatic N) is 3. The van der Waals surface area contributed by atoms with Crippen molar-refractivity contribution in [3.8, 4) is 0 Å². The fourth-order valence-electron chi connectivity index (χ4n) is 2.18. The maximum absolute atomic E-state index is 12.4. The van der Waals surface area contributed by atoms with Gasteiger partial charge in [-0.25, -0.2) is 0 Å². The van der Waals surface area contributed by atoms with E-state index in [4.69, 9.17) is 11.6 Å². The number of nitrogens with one attached hydrogen (secondary N) is 1. The van der Waals surface area contributed by atoms with E-state index < -0.39 is 0 Å². The van der Waals surface area contributed by atoms with E-state index in [1.807, 2.05) is 26.0 Å². The van der Waals surface area contributed by atoms with E-state index in [-0.39, 0.29) is 11.9 Å². The van der Waals surface area contributed by atoms with E-state index in [1.165, 1.54) is 4.68 Å². The number of pyridine rings is 1. The molecule has 0 aromatic carbocycles. The molecule has 0 unspecified atom stereocenters. The molecule has 1 N–H and O–H groups in total. The molecule has 0 aliphatic carbocycles. The Hall–Kier alpha value is -1.88. The molecule has 5 nitrogen and oxygen atoms in total. The van der Waals surface area contributed by atoms with E-state index in [0.29, 0.717) is 16.4 Å². The van der Waals surface area contributed by atoms with E-state index in [1.54, 1.807) is 20.2 Å². The highest BCUT2D eigenvalue weighted by Crippen LogP contribution is 2.21. The molecule has 21 heavy (non-hydrogen) atoms. The SMILES string of the molecule is CC[C@H](NC(=O)c1c(Cl)c(C)nn1C)c1ccc(C)cn1. The Kier molecular flexibility index (Phi) is 4.63. The number of rotatable bonds is 4. The summed E-state index contributed by atoms with van der Waals surface area (Å²) in [7, 11) is 1.71. The molecule has 0 saturated heterocycles. The number of halogens is 1. The minimum absolute atomic E-state index is 0.149. The first-order chi connectivity index (χ1) is 9.93. The second kappa shape index (κ2) is 6.26. The van der Waals surface area contributed by atoms with E-state index >= 15 is 0 Å². The van der Waals surface area contributed by atoms with Crippen LogP contribution in [0.15, 0.2) is 18.3 Å². The number of hydrogen-bond acceptors (Lipinski definition) is 3. The van der Waals surface area contributed by atoms with Crippen LogP contribution in [0, 0.1) is 13.8 Å². The van der Waals surface area contributed by atoms with Crippen LogP contribution in [-0.2, 0) is 7.05 Å². The average molecular weight is 307 g/mol. The Bertz CT molecular complexity index is 648. The summed E-state index contributed by atoms with van der Waals surface area (Å²) in [6.07, 6.45) is 2.54. The maximum Gasteiger partial charge on any atom is 0.271 e. The van der Waals surface area contributed by atoms with Gasteiger partial charge in [-0.05, 0) is 31.9 Å². The van der Waals surface area contributed by atoms with Gasteiger partial charge in [0.2, 0.25) is 0 Å². The van der Waals surface area contributed by atoms with Crippen LogP contribution in [0.25, 0.3) is 0 Å². The van der Waals surface area contributed by atoms with Crippen molar-refractivity contribution < 1.29 is 4.79 Å². The summed E-state index contributed by atoms with van der Waals surface area (Å²) < 4.78 is 1.50. The van der Waals surface area contributed by atoms with Gasteiger partial charge in [-0.1, -0.05) is 24.6 Å². The first-order valence-electron chi connectivity index (χ1n) is 6.86. The van der Waals surface area contributed by atoms with E-state index in [9.17, 15) is 4.79 Å². The predicted molar refractivity (Wildman–Crippen MR) is 82.4 cm³/mol. The molecular formula is C15H19ClN4O. The van der Waals surface area contributed by atoms with Gasteiger partial charge in [0.1, 0.15) is 5.69 Å². The molecule has 0 aliphatic rings. The lowest BCUT2D eigenvalue weighted by molar-refractivity contribution is 0.0925. The van der Waals surface area contributed by atoms with Gasteiger partial charge in [-0.15, -0.1) is 0 Å². The zero-order chi connectivity index (χ0) is 15.6. The van der Waals surface area contributed by atoms with Crippen LogP contribution in [0.1, 0.15) is 46.8 Å². The van der Waals surface area contributed by atoms with Gasteiger partial charge < -0.3 is 5.32 Å². The molecule has 6 heteroatoms. The minimum atomic E-state index is -0.239. The molecule has 2 heterocycles. The number of amides is 1. The lowest BCUT2D eigenvalue weighted by Crippen LogP contribution is -2.30. The van der Waals surface area contributed by atoms with Crippen LogP contribution >= 0.6 is 11.6 Å². The van der Waals surface area contributed by atoms with Crippen molar-refractivity contribution in [2.24, 2.45) is 7.05 Å². The lowest BCUT2D eigenvalue weighted by atomic mass is 10.1. The number of carbonyl (C=O) groups is 1. The average Bonchev–Trinajstić information content (AvgIpc) is 2.70. The van der Waals surface area contributed by atoms with Gasteiger partial charge in [0, 0.05) is 13.2 Å². The molecule has 1 atom stereocenters. The summed E-state index contributed by atoms with van der Waals surface area (Å²) in [6, 6.07) is 3.77. The third-order valence-corrected chi connectivity index (χ3v) is 3.82. The van der Waals surface area contributed by atoms with Crippen LogP contribution in [0.2, 0.25) is 5.02 Å². The van der Waals surface area contributed by atoms with Crippen LogP contribution < -0.4 is 5.32 Å². The van der Waals surface area contributed by atoms with Crippen molar-refractivity contribution in [1.82, 2.24) is 20.1 Å². The smallest absolute Gasteiger partial charge is 0.271 e. The first kappa shape index (κ1) is 15.5. The van der Waals surface area contributed by atoms with Gasteiger partial charge in [0.15, 0.2) is 0 Å². The zero-order valence-electron chi connectivity index (χ0n) is 12.6. The second-order valence-electron chi connectivity index (χ2n) is 5.07. The van der Waals surface area contributed by atoms with E-state index in [2.05, 4.69) is 15.4 Å². The normalized spacial score (nSPS) is 12.2. The Morgan fingerprint density at radius 3 is 2.62 bits per heavy atom. The summed E-state index contributed by atoms with van der Waals surface area (Å²) >= 11 is 6.14. The summed E-state index contributed by atoms with van der Waals surface area (Å²) in [5.41, 5.74) is 2.95. The summed E-state index contributed by atoms with van der Waals surface area (Å²) in [5, 5.41) is 7.51. The Morgan fingerprint density at radius 1 is 1.43 bits per heavy atom. The molecule has 0 bridgehead atoms. The summed E-state index contributed by atoms with van der Waals surface area (Å²) in [6.45, 7) is 5.76. The lowest BCUT2D eigenvalue weighted by Gasteiger charge is -2.16. The highest BCUT2D eigenvalue weighted by atomic mass is 35.5. The third-order valence-electron chi connectivity index (χ3n) is 3.37. The van der Waals surface area contributed by atoms with E-state index in [0.717, 1.165) is 17.7 Å². The van der Waals surface area contributed by atoms with Crippen LogP contribution in [0.5, 0.6) is 0 Å². The summed E-state index contributed by atoms with van der Waals surface area (Å²) in [4.78, 5) is 16.8. The van der Waals surface area contributed by atoms with Gasteiger partial charge in [-0.3, -0.25) is 14.5 Å². The molecule has 0 aliphatic heterocycles. The van der Waals surface area contributed by atoms with Crippen LogP contribution in [0.3, 0.4) is 0 Å². The molecule has 2 aromatic heterocycles. The van der Waals surface area contributed by atoms with Crippen molar-refractivity contribution >= 4 is 17.5 Å². The number of aryl methyl sites for hydroxylation is 3. The Balaban J connectivity index is 2.22. The third kappa shape index (κ3) is 3.24. The molecule has 2 rings (SSSR count). The fraction of sp³-hybridized carbons (Fsp3) is 0.400. The molecule has 0 spiro atoms. The van der Waals surface area contributed by atoms with Gasteiger partial charge in [0.25, 0.3) is 5.91 Å². The minimum Gasteiger partial charge on any atom is -0.342 e. The largest absolute Gasteiger partial charge is 0.342 e. The summed E-state index contributed by atoms with van der Waals surface area (Å²) in [5.74, 6) is -0.239. The fourth-order valence-corrected chi connectivity index (χ4v) is 2.42. The van der Waals surface area contributed by atoms with Crippen molar-refractivity contribution in [3.63, 3.8) is 0 Å². The van der Waals surface area contributed by atoms with Crippen molar-refractivity contribution in [3.05, 3.63) is 46.0 Å². The monoisotopic (exact) mass is 306 g/mol. The van der Waals surface area contributed by atoms with Crippen molar-refractivity contribution in [1.29, 1.82) is 0 Å². The number of hydrogen-bond donors (Lipinski definition) is 1. The Labute approximate surface area is 129 Å². The van der Waals surface area contributed by atoms with Crippen LogP contribution in [0.4, 0.5) is 0 Å². The van der Waals surface area contributed by atoms with Crippen LogP contribution in [-0.4, -0.2) is 20.7 Å². The van der Waals surface area contributed by atoms with Crippen molar-refractivity contribution in [2.45, 2.75) is 33.2 Å². The molecule has 0 fully saturated rings. The second-order valence-corrected chi connectivity index (χ2v) is 5.44. The molecule has 0 radical (unpaired) electrons. The first-order valence-corrected chi connectivity index (χ1v) is 7.24. The molecule has 0 saturated carbocycles. The number of carbonyl (C=O) groups excluding carboxylic acids is 1. The predicted octanol–water partition coefficient (Wildman–Crippen LogP) is 2.97. The Morgan fingerprint density at radius 2 is 2.14 bits per heavy atom. The highest BCUT2D eigenvalue weighted by molar-refractivity contribution is 6.34. The maximum atomic E-state index is 12.4. The van der Waals surface area contributed by atoms with Gasteiger partial charge >= 0.3 is 0 Å². The topological polar surface area (TPSA) is 59.8 Å². The van der Waals surface area contributed by atoms with Gasteiger partial charge in [-0.2, -0.15) is 5.10 Å². The molecular weight excluding hydrogens is 288 g/mol. The zero-order valence-corrected chi connectivity index (χ0v) is 13.4.